The van der Waals surface area contributed by atoms with Gasteiger partial charge in [0.15, 0.2) is 0 Å². The molecule has 4 aromatic rings. The van der Waals surface area contributed by atoms with Gasteiger partial charge in [-0.25, -0.2) is 17.5 Å². The summed E-state index contributed by atoms with van der Waals surface area (Å²) in [6.07, 6.45) is 0. The number of benzene rings is 3. The van der Waals surface area contributed by atoms with Crippen molar-refractivity contribution in [1.29, 1.82) is 0 Å². The van der Waals surface area contributed by atoms with Crippen molar-refractivity contribution in [2.24, 2.45) is 0 Å². The molecule has 1 aromatic heterocycles. The minimum atomic E-state index is -3.72. The van der Waals surface area contributed by atoms with E-state index in [0.29, 0.717) is 5.69 Å². The summed E-state index contributed by atoms with van der Waals surface area (Å²) in [4.78, 5) is 13.0. The molecule has 0 radical (unpaired) electrons. The molecular formula is C25H21FN4O4S. The van der Waals surface area contributed by atoms with Crippen LogP contribution in [-0.2, 0) is 20.2 Å². The molecule has 0 aliphatic carbocycles. The number of nitrogens with zero attached hydrogens (tertiary/aromatic N) is 2. The van der Waals surface area contributed by atoms with Crippen molar-refractivity contribution in [3.05, 3.63) is 94.9 Å². The van der Waals surface area contributed by atoms with Gasteiger partial charge in [0.25, 0.3) is 5.91 Å². The van der Waals surface area contributed by atoms with Crippen LogP contribution in [0.3, 0.4) is 0 Å². The Hall–Kier alpha value is -4.02. The molecule has 35 heavy (non-hydrogen) atoms. The number of nitrogens with two attached hydrogens (primary N) is 1. The maximum atomic E-state index is 13.9. The van der Waals surface area contributed by atoms with Gasteiger partial charge in [0.2, 0.25) is 15.4 Å². The third kappa shape index (κ3) is 3.41. The average molecular weight is 493 g/mol. The van der Waals surface area contributed by atoms with E-state index in [1.165, 1.54) is 41.1 Å². The number of rotatable bonds is 4. The van der Waals surface area contributed by atoms with Crippen LogP contribution in [0.5, 0.6) is 0 Å². The molecule has 0 fully saturated rings. The van der Waals surface area contributed by atoms with Gasteiger partial charge in [-0.15, -0.1) is 0 Å². The minimum Gasteiger partial charge on any atom is -0.383 e. The molecule has 1 aliphatic rings. The minimum absolute atomic E-state index is 0.0238. The fourth-order valence-electron chi connectivity index (χ4n) is 4.32. The van der Waals surface area contributed by atoms with Crippen molar-refractivity contribution in [3.8, 4) is 5.69 Å². The van der Waals surface area contributed by atoms with Crippen molar-refractivity contribution >= 4 is 27.2 Å². The fraction of sp³-hybridized carbons (Fsp3) is 0.120. The second-order valence-corrected chi connectivity index (χ2v) is 10.4. The summed E-state index contributed by atoms with van der Waals surface area (Å²) < 4.78 is 41.2. The Bertz CT molecular complexity index is 1600. The molecule has 3 aromatic carbocycles. The largest absolute Gasteiger partial charge is 0.383 e. The van der Waals surface area contributed by atoms with Crippen LogP contribution in [0.4, 0.5) is 15.9 Å². The Balaban J connectivity index is 1.56. The Morgan fingerprint density at radius 3 is 2.23 bits per heavy atom. The van der Waals surface area contributed by atoms with E-state index in [4.69, 9.17) is 5.73 Å². The standard InChI is InChI=1S/C25H21FN4O4S/c1-14-3-8-18(9-4-14)35(33,34)19-10-6-17(7-11-19)30-23(27)22(15(2)29-30)25(32)20-13-16(26)5-12-21(20)28-24(25)31/h3-13,32H,27H2,1-2H3,(H,28,31). The van der Waals surface area contributed by atoms with Gasteiger partial charge in [0, 0.05) is 11.3 Å². The molecule has 4 N–H and O–H groups in total. The second-order valence-electron chi connectivity index (χ2n) is 8.42. The molecule has 0 saturated heterocycles. The number of aliphatic hydroxyl groups is 1. The molecule has 10 heteroatoms. The third-order valence-electron chi connectivity index (χ3n) is 6.13. The molecule has 8 nitrogen and oxygen atoms in total. The Kier molecular flexibility index (Phi) is 5.04. The van der Waals surface area contributed by atoms with Gasteiger partial charge >= 0.3 is 0 Å². The SMILES string of the molecule is Cc1ccc(S(=O)(=O)c2ccc(-n3nc(C)c(C4(O)C(=O)Nc5ccc(F)cc54)c3N)cc2)cc1. The second kappa shape index (κ2) is 7.76. The fourth-order valence-corrected chi connectivity index (χ4v) is 5.58. The summed E-state index contributed by atoms with van der Waals surface area (Å²) in [5, 5.41) is 18.3. The van der Waals surface area contributed by atoms with Gasteiger partial charge in [0.1, 0.15) is 11.6 Å². The summed E-state index contributed by atoms with van der Waals surface area (Å²) in [7, 11) is -3.72. The van der Waals surface area contributed by atoms with Gasteiger partial charge in [-0.05, 0) is 68.4 Å². The van der Waals surface area contributed by atoms with E-state index in [1.807, 2.05) is 6.92 Å². The molecule has 1 unspecified atom stereocenters. The van der Waals surface area contributed by atoms with E-state index >= 15 is 0 Å². The maximum absolute atomic E-state index is 13.9. The van der Waals surface area contributed by atoms with Crippen LogP contribution in [0.15, 0.2) is 76.5 Å². The summed E-state index contributed by atoms with van der Waals surface area (Å²) in [6.45, 7) is 3.44. The number of aryl methyl sites for hydroxylation is 2. The van der Waals surface area contributed by atoms with Crippen molar-refractivity contribution in [1.82, 2.24) is 9.78 Å². The molecule has 0 spiro atoms. The first kappa shape index (κ1) is 22.8. The molecule has 1 atom stereocenters. The van der Waals surface area contributed by atoms with E-state index in [2.05, 4.69) is 10.4 Å². The van der Waals surface area contributed by atoms with E-state index in [0.717, 1.165) is 11.6 Å². The van der Waals surface area contributed by atoms with Crippen LogP contribution < -0.4 is 11.1 Å². The number of nitrogen functional groups attached to an aromatic ring is 1. The molecule has 1 amide bonds. The lowest BCUT2D eigenvalue weighted by atomic mass is 9.87. The monoisotopic (exact) mass is 492 g/mol. The summed E-state index contributed by atoms with van der Waals surface area (Å²) in [5.74, 6) is -1.42. The highest BCUT2D eigenvalue weighted by molar-refractivity contribution is 7.91. The molecular weight excluding hydrogens is 471 g/mol. The van der Waals surface area contributed by atoms with Gasteiger partial charge in [-0.1, -0.05) is 17.7 Å². The predicted molar refractivity (Wildman–Crippen MR) is 127 cm³/mol. The number of amides is 1. The molecule has 178 valence electrons. The lowest BCUT2D eigenvalue weighted by Gasteiger charge is -2.21. The molecule has 1 aliphatic heterocycles. The van der Waals surface area contributed by atoms with Gasteiger partial charge < -0.3 is 16.2 Å². The Morgan fingerprint density at radius 2 is 1.60 bits per heavy atom. The lowest BCUT2D eigenvalue weighted by molar-refractivity contribution is -0.129. The van der Waals surface area contributed by atoms with Gasteiger partial charge in [0.05, 0.1) is 26.7 Å². The highest BCUT2D eigenvalue weighted by atomic mass is 32.2. The number of nitrogens with one attached hydrogen (secondary N) is 1. The first-order valence-corrected chi connectivity index (χ1v) is 12.1. The van der Waals surface area contributed by atoms with Crippen LogP contribution in [0.25, 0.3) is 5.69 Å². The zero-order valence-electron chi connectivity index (χ0n) is 18.8. The number of anilines is 2. The van der Waals surface area contributed by atoms with Crippen molar-refractivity contribution in [2.45, 2.75) is 29.2 Å². The van der Waals surface area contributed by atoms with Crippen LogP contribution in [0.1, 0.15) is 22.4 Å². The highest BCUT2D eigenvalue weighted by Gasteiger charge is 2.50. The Morgan fingerprint density at radius 1 is 1.00 bits per heavy atom. The normalized spacial score (nSPS) is 17.3. The molecule has 5 rings (SSSR count). The van der Waals surface area contributed by atoms with Gasteiger partial charge in [-0.2, -0.15) is 5.10 Å². The van der Waals surface area contributed by atoms with Crippen LogP contribution in [0, 0.1) is 19.7 Å². The van der Waals surface area contributed by atoms with Crippen molar-refractivity contribution in [2.75, 3.05) is 11.1 Å². The molecule has 2 heterocycles. The number of carbonyl (C=O) groups is 1. The first-order chi connectivity index (χ1) is 16.5. The maximum Gasteiger partial charge on any atom is 0.266 e. The smallest absolute Gasteiger partial charge is 0.266 e. The zero-order chi connectivity index (χ0) is 25.1. The third-order valence-corrected chi connectivity index (χ3v) is 7.91. The zero-order valence-corrected chi connectivity index (χ0v) is 19.6. The number of hydrogen-bond acceptors (Lipinski definition) is 6. The van der Waals surface area contributed by atoms with E-state index in [1.54, 1.807) is 31.2 Å². The lowest BCUT2D eigenvalue weighted by Crippen LogP contribution is -2.36. The first-order valence-electron chi connectivity index (χ1n) is 10.6. The van der Waals surface area contributed by atoms with Crippen LogP contribution in [-0.4, -0.2) is 29.2 Å². The van der Waals surface area contributed by atoms with E-state index in [9.17, 15) is 22.7 Å². The average Bonchev–Trinajstić information content (AvgIpc) is 3.26. The number of halogens is 1. The summed E-state index contributed by atoms with van der Waals surface area (Å²) in [6, 6.07) is 16.1. The number of hydrogen-bond donors (Lipinski definition) is 3. The summed E-state index contributed by atoms with van der Waals surface area (Å²) >= 11 is 0. The topological polar surface area (TPSA) is 127 Å². The predicted octanol–water partition coefficient (Wildman–Crippen LogP) is 3.23. The highest BCUT2D eigenvalue weighted by Crippen LogP contribution is 2.44. The summed E-state index contributed by atoms with van der Waals surface area (Å²) in [5.41, 5.74) is 6.06. The van der Waals surface area contributed by atoms with E-state index < -0.39 is 27.2 Å². The number of aromatic nitrogens is 2. The number of fused-ring (bicyclic) bond motifs is 1. The molecule has 0 saturated carbocycles. The number of sulfone groups is 1. The van der Waals surface area contributed by atoms with Crippen molar-refractivity contribution < 1.29 is 22.7 Å². The van der Waals surface area contributed by atoms with Crippen molar-refractivity contribution in [3.63, 3.8) is 0 Å². The quantitative estimate of drug-likeness (QED) is 0.401. The molecule has 0 bridgehead atoms. The van der Waals surface area contributed by atoms with Crippen LogP contribution >= 0.6 is 0 Å². The van der Waals surface area contributed by atoms with Gasteiger partial charge in [-0.3, -0.25) is 4.79 Å². The van der Waals surface area contributed by atoms with Crippen LogP contribution in [0.2, 0.25) is 0 Å². The number of carbonyl (C=O) groups excluding carboxylic acids is 1. The van der Waals surface area contributed by atoms with E-state index in [-0.39, 0.29) is 38.1 Å². The Labute approximate surface area is 200 Å².